The van der Waals surface area contributed by atoms with Crippen LogP contribution in [0.2, 0.25) is 0 Å². The lowest BCUT2D eigenvalue weighted by Crippen LogP contribution is -2.34. The van der Waals surface area contributed by atoms with E-state index in [-0.39, 0.29) is 5.41 Å². The van der Waals surface area contributed by atoms with Gasteiger partial charge in [0.2, 0.25) is 0 Å². The number of nitrogens with one attached hydrogen (secondary N) is 1. The maximum atomic E-state index is 3.61. The van der Waals surface area contributed by atoms with E-state index >= 15 is 0 Å². The number of allylic oxidation sites excluding steroid dienone is 18. The number of nitrogens with zero attached hydrogens (tertiary/aromatic N) is 2. The minimum absolute atomic E-state index is 0.176. The van der Waals surface area contributed by atoms with Crippen molar-refractivity contribution >= 4 is 0 Å². The second-order valence-corrected chi connectivity index (χ2v) is 19.2. The summed E-state index contributed by atoms with van der Waals surface area (Å²) in [6, 6.07) is 0.898. The van der Waals surface area contributed by atoms with Crippen LogP contribution in [0.25, 0.3) is 0 Å². The highest BCUT2D eigenvalue weighted by Crippen LogP contribution is 2.58. The molecule has 0 fully saturated rings. The molecule has 2 heterocycles. The molecule has 0 radical (unpaired) electrons. The van der Waals surface area contributed by atoms with Crippen LogP contribution >= 0.6 is 0 Å². The first-order valence-corrected chi connectivity index (χ1v) is 22.6. The van der Waals surface area contributed by atoms with Crippen LogP contribution in [0.1, 0.15) is 130 Å². The van der Waals surface area contributed by atoms with E-state index in [1.807, 2.05) is 0 Å². The monoisotopic (exact) mass is 732 g/mol. The van der Waals surface area contributed by atoms with Gasteiger partial charge in [0.1, 0.15) is 0 Å². The summed E-state index contributed by atoms with van der Waals surface area (Å²) in [5, 5.41) is 3.61. The summed E-state index contributed by atoms with van der Waals surface area (Å²) in [4.78, 5) is 5.59. The van der Waals surface area contributed by atoms with E-state index < -0.39 is 0 Å². The Morgan fingerprint density at radius 1 is 0.782 bits per heavy atom. The van der Waals surface area contributed by atoms with Crippen LogP contribution in [0.15, 0.2) is 141 Å². The smallest absolute Gasteiger partial charge is 0.0619 e. The minimum Gasteiger partial charge on any atom is -0.385 e. The summed E-state index contributed by atoms with van der Waals surface area (Å²) in [5.74, 6) is 2.88. The van der Waals surface area contributed by atoms with Crippen LogP contribution in [0.3, 0.4) is 0 Å². The van der Waals surface area contributed by atoms with Gasteiger partial charge in [-0.15, -0.1) is 0 Å². The van der Waals surface area contributed by atoms with Gasteiger partial charge in [-0.1, -0.05) is 97.7 Å². The fourth-order valence-electron chi connectivity index (χ4n) is 13.0. The van der Waals surface area contributed by atoms with Gasteiger partial charge in [-0.05, 0) is 157 Å². The molecule has 8 aliphatic carbocycles. The highest BCUT2D eigenvalue weighted by Gasteiger charge is 2.46. The zero-order chi connectivity index (χ0) is 37.3. The van der Waals surface area contributed by atoms with Crippen molar-refractivity contribution in [2.24, 2.45) is 35.0 Å². The Morgan fingerprint density at radius 2 is 1.65 bits per heavy atom. The average molecular weight is 732 g/mol. The summed E-state index contributed by atoms with van der Waals surface area (Å²) in [6.07, 6.45) is 52.2. The van der Waals surface area contributed by atoms with Crippen molar-refractivity contribution < 1.29 is 0 Å². The summed E-state index contributed by atoms with van der Waals surface area (Å²) in [7, 11) is 0. The molecule has 0 spiro atoms. The molecule has 3 nitrogen and oxygen atoms in total. The molecular weight excluding hydrogens is 667 g/mol. The van der Waals surface area contributed by atoms with Crippen molar-refractivity contribution in [2.45, 2.75) is 143 Å². The maximum absolute atomic E-state index is 3.61. The fraction of sp³-hybridized carbons (Fsp3) is 0.538. The molecule has 0 aromatic rings. The molecule has 1 N–H and O–H groups in total. The number of hydrogen-bond donors (Lipinski definition) is 1. The van der Waals surface area contributed by atoms with Gasteiger partial charge in [-0.3, -0.25) is 0 Å². The topological polar surface area (TPSA) is 18.5 Å². The molecule has 0 saturated heterocycles. The van der Waals surface area contributed by atoms with Crippen molar-refractivity contribution in [2.75, 3.05) is 0 Å². The molecular formula is C52H65N3. The minimum atomic E-state index is 0.176. The molecule has 3 heteroatoms. The summed E-state index contributed by atoms with van der Waals surface area (Å²) in [5.41, 5.74) is 18.3. The number of fused-ring (bicyclic) bond motifs is 4. The van der Waals surface area contributed by atoms with E-state index in [0.29, 0.717) is 41.7 Å². The van der Waals surface area contributed by atoms with Crippen LogP contribution in [-0.2, 0) is 0 Å². The molecule has 7 unspecified atom stereocenters. The van der Waals surface area contributed by atoms with Crippen LogP contribution in [-0.4, -0.2) is 21.9 Å². The predicted octanol–water partition coefficient (Wildman–Crippen LogP) is 12.9. The SMILES string of the molecule is CC1CC(C2CCC3=C(C2)C2C=CC=CC2N3C2=CCCCC2)=CC=C1N(C1=CCC2C(=C1)C(C)(C)C1=C2CCCC1)C1=CCCC(C2=CC=CNC2C)C1. The molecule has 0 amide bonds. The highest BCUT2D eigenvalue weighted by molar-refractivity contribution is 5.52. The number of rotatable bonds is 6. The first kappa shape index (κ1) is 35.7. The molecule has 0 aromatic carbocycles. The van der Waals surface area contributed by atoms with Crippen molar-refractivity contribution in [1.82, 2.24) is 15.1 Å². The Kier molecular flexibility index (Phi) is 9.30. The van der Waals surface area contributed by atoms with E-state index in [2.05, 4.69) is 122 Å². The average Bonchev–Trinajstić information content (AvgIpc) is 3.67. The molecule has 0 aromatic heterocycles. The molecule has 288 valence electrons. The molecule has 0 bridgehead atoms. The van der Waals surface area contributed by atoms with E-state index in [1.165, 1.54) is 101 Å². The van der Waals surface area contributed by atoms with E-state index in [9.17, 15) is 0 Å². The number of dihydropyridines is 1. The van der Waals surface area contributed by atoms with Crippen LogP contribution in [0.4, 0.5) is 0 Å². The Bertz CT molecular complexity index is 1990. The fourth-order valence-corrected chi connectivity index (χ4v) is 13.0. The Labute approximate surface area is 332 Å². The summed E-state index contributed by atoms with van der Waals surface area (Å²) >= 11 is 0. The normalized spacial score (nSPS) is 34.9. The van der Waals surface area contributed by atoms with Crippen LogP contribution in [0, 0.1) is 35.0 Å². The van der Waals surface area contributed by atoms with Gasteiger partial charge >= 0.3 is 0 Å². The van der Waals surface area contributed by atoms with Crippen molar-refractivity contribution in [3.8, 4) is 0 Å². The maximum Gasteiger partial charge on any atom is 0.0619 e. The highest BCUT2D eigenvalue weighted by atomic mass is 15.2. The molecule has 0 saturated carbocycles. The molecule has 10 rings (SSSR count). The Hall–Kier alpha value is -3.72. The second kappa shape index (κ2) is 14.3. The lowest BCUT2D eigenvalue weighted by molar-refractivity contribution is 0.330. The van der Waals surface area contributed by atoms with E-state index in [0.717, 1.165) is 19.3 Å². The van der Waals surface area contributed by atoms with Crippen molar-refractivity contribution in [1.29, 1.82) is 0 Å². The van der Waals surface area contributed by atoms with Crippen LogP contribution in [0.5, 0.6) is 0 Å². The molecule has 10 aliphatic rings. The Morgan fingerprint density at radius 3 is 2.51 bits per heavy atom. The third-order valence-electron chi connectivity index (χ3n) is 15.8. The summed E-state index contributed by atoms with van der Waals surface area (Å²) in [6.45, 7) is 9.97. The molecule has 55 heavy (non-hydrogen) atoms. The van der Waals surface area contributed by atoms with Gasteiger partial charge < -0.3 is 15.1 Å². The Balaban J connectivity index is 0.972. The van der Waals surface area contributed by atoms with E-state index in [4.69, 9.17) is 0 Å². The molecule has 7 atom stereocenters. The van der Waals surface area contributed by atoms with Gasteiger partial charge in [-0.2, -0.15) is 0 Å². The van der Waals surface area contributed by atoms with Crippen LogP contribution < -0.4 is 5.32 Å². The quantitative estimate of drug-likeness (QED) is 0.274. The predicted molar refractivity (Wildman–Crippen MR) is 229 cm³/mol. The van der Waals surface area contributed by atoms with E-state index in [1.54, 1.807) is 44.8 Å². The van der Waals surface area contributed by atoms with Gasteiger partial charge in [0.15, 0.2) is 0 Å². The first-order chi connectivity index (χ1) is 26.9. The van der Waals surface area contributed by atoms with Gasteiger partial charge in [0.05, 0.1) is 6.04 Å². The second-order valence-electron chi connectivity index (χ2n) is 19.2. The lowest BCUT2D eigenvalue weighted by atomic mass is 9.74. The standard InChI is InChI=1S/C52H65N3/c1-34-30-36(37-24-28-51-46(32-37)45-19-9-11-22-50(45)55(51)39-15-6-5-7-16-39)23-27-49(34)54(40-17-12-14-38(31-40)42-20-13-29-53-35(42)2)41-25-26-44-43-18-8-10-21-47(43)52(3,4)48(44)33-41/h9,11,13,15,17,19-20,22-23,25,27,29,33-35,37-38,44-45,50,53H,5-8,10,12,14,16,18,21,24,26,28,30-32H2,1-4H3. The van der Waals surface area contributed by atoms with Crippen molar-refractivity contribution in [3.63, 3.8) is 0 Å². The zero-order valence-corrected chi connectivity index (χ0v) is 34.3. The molecule has 2 aliphatic heterocycles. The zero-order valence-electron chi connectivity index (χ0n) is 34.3. The third-order valence-corrected chi connectivity index (χ3v) is 15.8. The van der Waals surface area contributed by atoms with Gasteiger partial charge in [-0.25, -0.2) is 0 Å². The van der Waals surface area contributed by atoms with Crippen molar-refractivity contribution in [3.05, 3.63) is 141 Å². The van der Waals surface area contributed by atoms with Gasteiger partial charge in [0.25, 0.3) is 0 Å². The lowest BCUT2D eigenvalue weighted by Gasteiger charge is -2.42. The first-order valence-electron chi connectivity index (χ1n) is 22.6. The number of hydrogen-bond acceptors (Lipinski definition) is 3. The largest absolute Gasteiger partial charge is 0.385 e. The van der Waals surface area contributed by atoms with Gasteiger partial charge in [0, 0.05) is 57.7 Å². The third kappa shape index (κ3) is 6.13. The summed E-state index contributed by atoms with van der Waals surface area (Å²) < 4.78 is 0.